The van der Waals surface area contributed by atoms with E-state index in [1.807, 2.05) is 57.2 Å². The number of amides is 1. The molecular weight excluding hydrogens is 470 g/mol. The molecule has 1 heterocycles. The van der Waals surface area contributed by atoms with E-state index in [-0.39, 0.29) is 11.5 Å². The van der Waals surface area contributed by atoms with E-state index < -0.39 is 6.04 Å². The van der Waals surface area contributed by atoms with Crippen molar-refractivity contribution in [3.8, 4) is 22.9 Å². The summed E-state index contributed by atoms with van der Waals surface area (Å²) in [5.74, 6) is 1.97. The molecule has 4 aromatic rings. The van der Waals surface area contributed by atoms with Crippen LogP contribution in [0.5, 0.6) is 17.2 Å². The van der Waals surface area contributed by atoms with Crippen molar-refractivity contribution in [3.63, 3.8) is 0 Å². The van der Waals surface area contributed by atoms with Crippen molar-refractivity contribution in [1.82, 2.24) is 14.5 Å². The summed E-state index contributed by atoms with van der Waals surface area (Å²) in [6, 6.07) is 19.0. The van der Waals surface area contributed by atoms with Crippen molar-refractivity contribution < 1.29 is 19.0 Å². The second kappa shape index (κ2) is 11.2. The summed E-state index contributed by atoms with van der Waals surface area (Å²) in [5.41, 5.74) is 1.42. The van der Waals surface area contributed by atoms with Gasteiger partial charge in [0.25, 0.3) is 11.5 Å². The lowest BCUT2D eigenvalue weighted by molar-refractivity contribution is 0.0692. The Morgan fingerprint density at radius 1 is 0.946 bits per heavy atom. The minimum absolute atomic E-state index is 0.205. The summed E-state index contributed by atoms with van der Waals surface area (Å²) in [6.07, 6.45) is 0. The van der Waals surface area contributed by atoms with Gasteiger partial charge < -0.3 is 19.1 Å². The molecule has 1 unspecified atom stereocenters. The van der Waals surface area contributed by atoms with Crippen molar-refractivity contribution in [2.24, 2.45) is 0 Å². The van der Waals surface area contributed by atoms with Gasteiger partial charge >= 0.3 is 0 Å². The van der Waals surface area contributed by atoms with E-state index in [2.05, 4.69) is 0 Å². The number of carbonyl (C=O) groups is 1. The van der Waals surface area contributed by atoms with Crippen LogP contribution in [0.25, 0.3) is 16.6 Å². The number of aromatic nitrogens is 2. The number of carbonyl (C=O) groups excluding carboxylic acids is 1. The van der Waals surface area contributed by atoms with Crippen molar-refractivity contribution in [3.05, 3.63) is 88.5 Å². The van der Waals surface area contributed by atoms with Crippen LogP contribution in [0.3, 0.4) is 0 Å². The molecule has 0 aliphatic heterocycles. The summed E-state index contributed by atoms with van der Waals surface area (Å²) in [5, 5.41) is 0.499. The van der Waals surface area contributed by atoms with Crippen molar-refractivity contribution in [1.29, 1.82) is 0 Å². The summed E-state index contributed by atoms with van der Waals surface area (Å²) < 4.78 is 17.9. The van der Waals surface area contributed by atoms with E-state index in [0.29, 0.717) is 58.4 Å². The Hall–Kier alpha value is -4.33. The number of hydrogen-bond donors (Lipinski definition) is 0. The lowest BCUT2D eigenvalue weighted by atomic mass is 10.1. The highest BCUT2D eigenvalue weighted by Crippen LogP contribution is 2.28. The fourth-order valence-corrected chi connectivity index (χ4v) is 4.37. The van der Waals surface area contributed by atoms with Crippen LogP contribution in [0, 0.1) is 0 Å². The van der Waals surface area contributed by atoms with Gasteiger partial charge in [-0.05, 0) is 69.3 Å². The maximum absolute atomic E-state index is 13.7. The molecule has 0 aliphatic rings. The molecule has 4 rings (SSSR count). The SMILES string of the molecule is CCOc1ccc(-n2c(C(C)N(CC)C(=O)c3cc(OC)cc(OC)c3)nc3ccccc3c2=O)cc1. The molecule has 1 aromatic heterocycles. The summed E-state index contributed by atoms with van der Waals surface area (Å²) >= 11 is 0. The molecule has 0 aliphatic carbocycles. The third-order valence-corrected chi connectivity index (χ3v) is 6.25. The third kappa shape index (κ3) is 5.14. The Balaban J connectivity index is 1.85. The number of rotatable bonds is 9. The topological polar surface area (TPSA) is 82.9 Å². The summed E-state index contributed by atoms with van der Waals surface area (Å²) in [4.78, 5) is 34.0. The summed E-state index contributed by atoms with van der Waals surface area (Å²) in [6.45, 7) is 6.62. The maximum Gasteiger partial charge on any atom is 0.266 e. The molecule has 0 fully saturated rings. The minimum Gasteiger partial charge on any atom is -0.497 e. The number of nitrogens with zero attached hydrogens (tertiary/aromatic N) is 3. The average Bonchev–Trinajstić information content (AvgIpc) is 2.93. The summed E-state index contributed by atoms with van der Waals surface area (Å²) in [7, 11) is 3.08. The molecule has 8 heteroatoms. The standard InChI is InChI=1S/C29H31N3O5/c1-6-31(28(33)20-16-23(35-4)18-24(17-20)36-5)19(3)27-30-26-11-9-8-10-25(26)29(34)32(27)21-12-14-22(15-13-21)37-7-2/h8-19H,6-7H2,1-5H3. The van der Waals surface area contributed by atoms with Crippen molar-refractivity contribution in [2.45, 2.75) is 26.8 Å². The lowest BCUT2D eigenvalue weighted by Crippen LogP contribution is -2.37. The second-order valence-corrected chi connectivity index (χ2v) is 8.42. The van der Waals surface area contributed by atoms with E-state index in [4.69, 9.17) is 19.2 Å². The fraction of sp³-hybridized carbons (Fsp3) is 0.276. The van der Waals surface area contributed by atoms with Gasteiger partial charge in [0.05, 0.1) is 43.5 Å². The van der Waals surface area contributed by atoms with Gasteiger partial charge in [-0.3, -0.25) is 14.2 Å². The molecule has 0 saturated heterocycles. The van der Waals surface area contributed by atoms with Gasteiger partial charge in [0, 0.05) is 18.2 Å². The average molecular weight is 502 g/mol. The normalized spacial score (nSPS) is 11.7. The number of fused-ring (bicyclic) bond motifs is 1. The number of benzene rings is 3. The highest BCUT2D eigenvalue weighted by Gasteiger charge is 2.27. The molecule has 192 valence electrons. The van der Waals surface area contributed by atoms with Crippen LogP contribution in [0.15, 0.2) is 71.5 Å². The third-order valence-electron chi connectivity index (χ3n) is 6.25. The van der Waals surface area contributed by atoms with E-state index >= 15 is 0 Å². The number of hydrogen-bond acceptors (Lipinski definition) is 6. The van der Waals surface area contributed by atoms with Gasteiger partial charge in [-0.2, -0.15) is 0 Å². The van der Waals surface area contributed by atoms with Gasteiger partial charge in [-0.1, -0.05) is 12.1 Å². The van der Waals surface area contributed by atoms with E-state index in [0.717, 1.165) is 0 Å². The quantitative estimate of drug-likeness (QED) is 0.320. The second-order valence-electron chi connectivity index (χ2n) is 8.42. The molecule has 37 heavy (non-hydrogen) atoms. The molecule has 0 N–H and O–H groups in total. The van der Waals surface area contributed by atoms with Crippen LogP contribution in [-0.4, -0.2) is 47.7 Å². The van der Waals surface area contributed by atoms with Gasteiger partial charge in [0.2, 0.25) is 0 Å². The number of ether oxygens (including phenoxy) is 3. The van der Waals surface area contributed by atoms with Crippen LogP contribution in [0.4, 0.5) is 0 Å². The largest absolute Gasteiger partial charge is 0.497 e. The minimum atomic E-state index is -0.529. The highest BCUT2D eigenvalue weighted by molar-refractivity contribution is 5.95. The van der Waals surface area contributed by atoms with Crippen LogP contribution < -0.4 is 19.8 Å². The van der Waals surface area contributed by atoms with Crippen molar-refractivity contribution >= 4 is 16.8 Å². The lowest BCUT2D eigenvalue weighted by Gasteiger charge is -2.30. The first-order chi connectivity index (χ1) is 17.9. The molecular formula is C29H31N3O5. The maximum atomic E-state index is 13.7. The van der Waals surface area contributed by atoms with Crippen LogP contribution in [0.1, 0.15) is 43.0 Å². The van der Waals surface area contributed by atoms with Gasteiger partial charge in [-0.25, -0.2) is 4.98 Å². The van der Waals surface area contributed by atoms with Crippen LogP contribution >= 0.6 is 0 Å². The molecule has 0 bridgehead atoms. The zero-order chi connectivity index (χ0) is 26.5. The zero-order valence-corrected chi connectivity index (χ0v) is 21.7. The van der Waals surface area contributed by atoms with E-state index in [1.165, 1.54) is 14.2 Å². The molecule has 0 spiro atoms. The van der Waals surface area contributed by atoms with Gasteiger partial charge in [0.15, 0.2) is 0 Å². The molecule has 0 saturated carbocycles. The zero-order valence-electron chi connectivity index (χ0n) is 21.7. The molecule has 0 radical (unpaired) electrons. The van der Waals surface area contributed by atoms with Gasteiger partial charge in [-0.15, -0.1) is 0 Å². The van der Waals surface area contributed by atoms with Crippen LogP contribution in [-0.2, 0) is 0 Å². The van der Waals surface area contributed by atoms with Gasteiger partial charge in [0.1, 0.15) is 23.1 Å². The Bertz CT molecular complexity index is 1440. The Morgan fingerprint density at radius 3 is 2.19 bits per heavy atom. The molecule has 8 nitrogen and oxygen atoms in total. The first-order valence-electron chi connectivity index (χ1n) is 12.2. The Labute approximate surface area is 216 Å². The highest BCUT2D eigenvalue weighted by atomic mass is 16.5. The predicted octanol–water partition coefficient (Wildman–Crippen LogP) is 5.02. The predicted molar refractivity (Wildman–Crippen MR) is 143 cm³/mol. The van der Waals surface area contributed by atoms with Crippen LogP contribution in [0.2, 0.25) is 0 Å². The first kappa shape index (κ1) is 25.8. The monoisotopic (exact) mass is 501 g/mol. The molecule has 3 aromatic carbocycles. The fourth-order valence-electron chi connectivity index (χ4n) is 4.37. The molecule has 1 atom stereocenters. The van der Waals surface area contributed by atoms with E-state index in [9.17, 15) is 9.59 Å². The molecule has 1 amide bonds. The Kier molecular flexibility index (Phi) is 7.77. The Morgan fingerprint density at radius 2 is 1.59 bits per heavy atom. The number of methoxy groups -OCH3 is 2. The number of para-hydroxylation sites is 1. The van der Waals surface area contributed by atoms with Crippen molar-refractivity contribution in [2.75, 3.05) is 27.4 Å². The van der Waals surface area contributed by atoms with E-state index in [1.54, 1.807) is 39.8 Å². The first-order valence-corrected chi connectivity index (χ1v) is 12.2. The smallest absolute Gasteiger partial charge is 0.266 e.